The molecule has 0 spiro atoms. The largest absolute Gasteiger partial charge is 0.336 e. The highest BCUT2D eigenvalue weighted by atomic mass is 32.2. The molecule has 132 valence electrons. The first-order valence-electron chi connectivity index (χ1n) is 9.21. The van der Waals surface area contributed by atoms with Crippen LogP contribution in [0.15, 0.2) is 0 Å². The third kappa shape index (κ3) is 3.90. The number of carbonyl (C=O) groups is 1. The quantitative estimate of drug-likeness (QED) is 0.850. The third-order valence-electron chi connectivity index (χ3n) is 6.08. The highest BCUT2D eigenvalue weighted by Gasteiger charge is 2.41. The van der Waals surface area contributed by atoms with Crippen molar-refractivity contribution in [1.82, 2.24) is 15.1 Å². The summed E-state index contributed by atoms with van der Waals surface area (Å²) >= 11 is 0. The minimum Gasteiger partial charge on any atom is -0.336 e. The first kappa shape index (κ1) is 17.2. The zero-order valence-electron chi connectivity index (χ0n) is 14.4. The van der Waals surface area contributed by atoms with Gasteiger partial charge in [0.25, 0.3) is 0 Å². The number of hydrogen-bond donors (Lipinski definition) is 1. The van der Waals surface area contributed by atoms with E-state index in [0.29, 0.717) is 12.6 Å². The summed E-state index contributed by atoms with van der Waals surface area (Å²) in [6.07, 6.45) is 10.9. The summed E-state index contributed by atoms with van der Waals surface area (Å²) in [5.74, 6) is 0. The second kappa shape index (κ2) is 7.51. The summed E-state index contributed by atoms with van der Waals surface area (Å²) in [7, 11) is -0.854. The molecule has 2 aliphatic heterocycles. The van der Waals surface area contributed by atoms with E-state index >= 15 is 0 Å². The molecule has 2 amide bonds. The smallest absolute Gasteiger partial charge is 0.317 e. The first-order chi connectivity index (χ1) is 11.1. The number of rotatable bonds is 4. The van der Waals surface area contributed by atoms with E-state index < -0.39 is 10.8 Å². The van der Waals surface area contributed by atoms with E-state index in [1.807, 2.05) is 4.90 Å². The van der Waals surface area contributed by atoms with Gasteiger partial charge in [-0.25, -0.2) is 4.79 Å². The third-order valence-corrected chi connectivity index (χ3v) is 7.85. The van der Waals surface area contributed by atoms with Crippen LogP contribution in [0.25, 0.3) is 0 Å². The predicted octanol–water partition coefficient (Wildman–Crippen LogP) is 1.95. The lowest BCUT2D eigenvalue weighted by molar-refractivity contribution is 0.190. The van der Waals surface area contributed by atoms with Gasteiger partial charge in [0, 0.05) is 42.7 Å². The predicted molar refractivity (Wildman–Crippen MR) is 94.1 cm³/mol. The molecule has 2 atom stereocenters. The van der Waals surface area contributed by atoms with Crippen LogP contribution in [0.4, 0.5) is 4.79 Å². The van der Waals surface area contributed by atoms with Gasteiger partial charge in [0.1, 0.15) is 0 Å². The monoisotopic (exact) mass is 341 g/mol. The molecule has 0 radical (unpaired) electrons. The molecule has 5 nitrogen and oxygen atoms in total. The fraction of sp³-hybridized carbons (Fsp3) is 0.941. The molecule has 3 fully saturated rings. The molecule has 3 aliphatic rings. The number of nitrogens with zero attached hydrogens (tertiary/aromatic N) is 2. The lowest BCUT2D eigenvalue weighted by atomic mass is 9.84. The number of hydrogen-bond acceptors (Lipinski definition) is 3. The molecule has 0 aromatic carbocycles. The van der Waals surface area contributed by atoms with Crippen molar-refractivity contribution in [2.45, 2.75) is 62.2 Å². The zero-order valence-corrected chi connectivity index (χ0v) is 15.2. The van der Waals surface area contributed by atoms with E-state index in [0.717, 1.165) is 45.2 Å². The van der Waals surface area contributed by atoms with Crippen LogP contribution in [0.2, 0.25) is 0 Å². The molecule has 1 N–H and O–H groups in total. The second-order valence-electron chi connectivity index (χ2n) is 7.46. The Balaban J connectivity index is 1.47. The Morgan fingerprint density at radius 1 is 1.09 bits per heavy atom. The van der Waals surface area contributed by atoms with Crippen molar-refractivity contribution in [1.29, 1.82) is 0 Å². The topological polar surface area (TPSA) is 52.7 Å². The average molecular weight is 342 g/mol. The normalized spacial score (nSPS) is 29.6. The molecule has 2 heterocycles. The summed E-state index contributed by atoms with van der Waals surface area (Å²) in [5, 5.41) is 3.07. The van der Waals surface area contributed by atoms with E-state index in [-0.39, 0.29) is 10.8 Å². The molecule has 1 saturated carbocycles. The number of likely N-dealkylation sites (tertiary alicyclic amines) is 2. The fourth-order valence-electron chi connectivity index (χ4n) is 4.24. The molecule has 0 bridgehead atoms. The van der Waals surface area contributed by atoms with Crippen LogP contribution >= 0.6 is 0 Å². The fourth-order valence-corrected chi connectivity index (χ4v) is 5.38. The number of nitrogens with one attached hydrogen (secondary N) is 1. The lowest BCUT2D eigenvalue weighted by Gasteiger charge is -2.40. The highest BCUT2D eigenvalue weighted by Crippen LogP contribution is 2.36. The van der Waals surface area contributed by atoms with Crippen molar-refractivity contribution in [3.05, 3.63) is 0 Å². The van der Waals surface area contributed by atoms with Crippen LogP contribution in [0.3, 0.4) is 0 Å². The van der Waals surface area contributed by atoms with Gasteiger partial charge < -0.3 is 15.1 Å². The van der Waals surface area contributed by atoms with Crippen molar-refractivity contribution in [2.75, 3.05) is 39.0 Å². The van der Waals surface area contributed by atoms with E-state index in [9.17, 15) is 9.00 Å². The first-order valence-corrected chi connectivity index (χ1v) is 10.8. The second-order valence-corrected chi connectivity index (χ2v) is 9.24. The van der Waals surface area contributed by atoms with Crippen LogP contribution in [-0.4, -0.2) is 69.8 Å². The summed E-state index contributed by atoms with van der Waals surface area (Å²) in [5.41, 5.74) is 0. The zero-order chi connectivity index (χ0) is 16.3. The summed E-state index contributed by atoms with van der Waals surface area (Å²) in [6.45, 7) is 4.76. The molecular formula is C17H31N3O2S. The summed E-state index contributed by atoms with van der Waals surface area (Å²) in [4.78, 5) is 17.1. The van der Waals surface area contributed by atoms with Gasteiger partial charge in [0.2, 0.25) is 0 Å². The van der Waals surface area contributed by atoms with Crippen LogP contribution in [0.1, 0.15) is 51.4 Å². The van der Waals surface area contributed by atoms with Gasteiger partial charge in [0.05, 0.1) is 4.75 Å². The maximum Gasteiger partial charge on any atom is 0.317 e. The summed E-state index contributed by atoms with van der Waals surface area (Å²) < 4.78 is 11.8. The Bertz CT molecular complexity index is 447. The van der Waals surface area contributed by atoms with Gasteiger partial charge in [0.15, 0.2) is 0 Å². The molecule has 2 unspecified atom stereocenters. The molecule has 0 aromatic heterocycles. The van der Waals surface area contributed by atoms with Gasteiger partial charge >= 0.3 is 6.03 Å². The SMILES string of the molecule is CS(=O)C1(CNC(=O)N2CCCC(N3CCCC3)CC2)CCC1. The standard InChI is InChI=1S/C17H31N3O2S/c1-23(22)17(8-5-9-17)14-18-16(21)20-12-4-6-15(7-13-20)19-10-2-3-11-19/h15H,2-14H2,1H3,(H,18,21). The van der Waals surface area contributed by atoms with Gasteiger partial charge in [-0.1, -0.05) is 6.42 Å². The molecule has 0 aromatic rings. The van der Waals surface area contributed by atoms with Crippen LogP contribution in [-0.2, 0) is 10.8 Å². The maximum atomic E-state index is 12.5. The van der Waals surface area contributed by atoms with Crippen molar-refractivity contribution in [3.63, 3.8) is 0 Å². The van der Waals surface area contributed by atoms with Crippen LogP contribution < -0.4 is 5.32 Å². The van der Waals surface area contributed by atoms with Crippen LogP contribution in [0.5, 0.6) is 0 Å². The minimum absolute atomic E-state index is 0.0452. The van der Waals surface area contributed by atoms with E-state index in [1.54, 1.807) is 6.26 Å². The molecule has 23 heavy (non-hydrogen) atoms. The average Bonchev–Trinajstić information content (AvgIpc) is 2.90. The van der Waals surface area contributed by atoms with Crippen molar-refractivity contribution >= 4 is 16.8 Å². The Labute approximate surface area is 142 Å². The Morgan fingerprint density at radius 2 is 1.83 bits per heavy atom. The molecule has 3 rings (SSSR count). The highest BCUT2D eigenvalue weighted by molar-refractivity contribution is 7.85. The van der Waals surface area contributed by atoms with Gasteiger partial charge in [-0.3, -0.25) is 4.21 Å². The Morgan fingerprint density at radius 3 is 2.43 bits per heavy atom. The molecule has 1 aliphatic carbocycles. The van der Waals surface area contributed by atoms with E-state index in [2.05, 4.69) is 10.2 Å². The minimum atomic E-state index is -0.854. The number of amides is 2. The van der Waals surface area contributed by atoms with Crippen molar-refractivity contribution in [2.24, 2.45) is 0 Å². The summed E-state index contributed by atoms with van der Waals surface area (Å²) in [6, 6.07) is 0.709. The van der Waals surface area contributed by atoms with Crippen molar-refractivity contribution in [3.8, 4) is 0 Å². The number of carbonyl (C=O) groups excluding carboxylic acids is 1. The van der Waals surface area contributed by atoms with Crippen LogP contribution in [0, 0.1) is 0 Å². The lowest BCUT2D eigenvalue weighted by Crippen LogP contribution is -2.53. The van der Waals surface area contributed by atoms with Gasteiger partial charge in [-0.15, -0.1) is 0 Å². The molecule has 2 saturated heterocycles. The maximum absolute atomic E-state index is 12.5. The van der Waals surface area contributed by atoms with Crippen molar-refractivity contribution < 1.29 is 9.00 Å². The van der Waals surface area contributed by atoms with Gasteiger partial charge in [-0.05, 0) is 58.0 Å². The van der Waals surface area contributed by atoms with E-state index in [1.165, 1.54) is 32.4 Å². The molecule has 6 heteroatoms. The Hall–Kier alpha value is -0.620. The molecular weight excluding hydrogens is 310 g/mol. The Kier molecular flexibility index (Phi) is 5.62. The van der Waals surface area contributed by atoms with E-state index in [4.69, 9.17) is 0 Å². The van der Waals surface area contributed by atoms with Gasteiger partial charge in [-0.2, -0.15) is 0 Å². The number of urea groups is 1.